The lowest BCUT2D eigenvalue weighted by atomic mass is 9.83. The van der Waals surface area contributed by atoms with Crippen molar-refractivity contribution in [1.82, 2.24) is 0 Å². The largest absolute Gasteiger partial charge is 0.330 e. The van der Waals surface area contributed by atoms with E-state index in [1.807, 2.05) is 12.1 Å². The van der Waals surface area contributed by atoms with Crippen LogP contribution in [0.2, 0.25) is 5.02 Å². The molecular weight excluding hydrogens is 230 g/mol. The summed E-state index contributed by atoms with van der Waals surface area (Å²) in [4.78, 5) is 0. The summed E-state index contributed by atoms with van der Waals surface area (Å²) >= 11 is 6.04. The second kappa shape index (κ2) is 6.42. The van der Waals surface area contributed by atoms with Crippen LogP contribution in [0.3, 0.4) is 0 Å². The molecule has 1 aromatic rings. The molecule has 1 fully saturated rings. The Hall–Kier alpha value is -0.530. The van der Waals surface area contributed by atoms with Crippen molar-refractivity contribution >= 4 is 11.6 Å². The van der Waals surface area contributed by atoms with E-state index in [1.54, 1.807) is 0 Å². The molecule has 2 atom stereocenters. The molecule has 0 amide bonds. The van der Waals surface area contributed by atoms with Crippen molar-refractivity contribution < 1.29 is 0 Å². The van der Waals surface area contributed by atoms with Gasteiger partial charge in [-0.15, -0.1) is 0 Å². The molecule has 1 nitrogen and oxygen atoms in total. The molecule has 1 aromatic carbocycles. The predicted molar refractivity (Wildman–Crippen MR) is 74.3 cm³/mol. The number of benzene rings is 1. The lowest BCUT2D eigenvalue weighted by Crippen LogP contribution is -2.24. The van der Waals surface area contributed by atoms with Gasteiger partial charge in [0.1, 0.15) is 0 Å². The molecule has 2 unspecified atom stereocenters. The highest BCUT2D eigenvalue weighted by Crippen LogP contribution is 2.31. The molecule has 94 valence electrons. The Kier molecular flexibility index (Phi) is 4.87. The van der Waals surface area contributed by atoms with Crippen LogP contribution < -0.4 is 5.73 Å². The summed E-state index contributed by atoms with van der Waals surface area (Å²) in [5, 5.41) is 0.848. The molecule has 0 aliphatic heterocycles. The van der Waals surface area contributed by atoms with Gasteiger partial charge >= 0.3 is 0 Å². The van der Waals surface area contributed by atoms with Gasteiger partial charge in [0.2, 0.25) is 0 Å². The molecular formula is C15H22ClN. The third kappa shape index (κ3) is 3.72. The van der Waals surface area contributed by atoms with Gasteiger partial charge in [-0.2, -0.15) is 0 Å². The predicted octanol–water partition coefficient (Wildman–Crippen LogP) is 4.04. The molecule has 2 heteroatoms. The van der Waals surface area contributed by atoms with Crippen LogP contribution in [-0.2, 0) is 6.42 Å². The highest BCUT2D eigenvalue weighted by atomic mass is 35.5. The Morgan fingerprint density at radius 3 is 2.59 bits per heavy atom. The summed E-state index contributed by atoms with van der Waals surface area (Å²) in [5.74, 6) is 1.46. The van der Waals surface area contributed by atoms with Crippen molar-refractivity contribution in [2.24, 2.45) is 17.6 Å². The molecule has 1 aliphatic carbocycles. The van der Waals surface area contributed by atoms with Crippen molar-refractivity contribution in [3.05, 3.63) is 34.9 Å². The fraction of sp³-hybridized carbons (Fsp3) is 0.600. The Bertz CT molecular complexity index is 351. The summed E-state index contributed by atoms with van der Waals surface area (Å²) in [5.41, 5.74) is 7.28. The van der Waals surface area contributed by atoms with Crippen LogP contribution in [0.5, 0.6) is 0 Å². The molecule has 2 rings (SSSR count). The van der Waals surface area contributed by atoms with Gasteiger partial charge in [-0.1, -0.05) is 43.0 Å². The van der Waals surface area contributed by atoms with Gasteiger partial charge < -0.3 is 5.73 Å². The minimum Gasteiger partial charge on any atom is -0.330 e. The van der Waals surface area contributed by atoms with Gasteiger partial charge in [0.15, 0.2) is 0 Å². The molecule has 1 saturated carbocycles. The van der Waals surface area contributed by atoms with E-state index in [4.69, 9.17) is 17.3 Å². The first-order chi connectivity index (χ1) is 8.29. The highest BCUT2D eigenvalue weighted by molar-refractivity contribution is 6.30. The van der Waals surface area contributed by atoms with Gasteiger partial charge in [-0.3, -0.25) is 0 Å². The Morgan fingerprint density at radius 1 is 1.12 bits per heavy atom. The van der Waals surface area contributed by atoms with Gasteiger partial charge in [0.25, 0.3) is 0 Å². The smallest absolute Gasteiger partial charge is 0.0408 e. The average molecular weight is 252 g/mol. The molecule has 17 heavy (non-hydrogen) atoms. The maximum absolute atomic E-state index is 6.04. The fourth-order valence-corrected chi connectivity index (χ4v) is 3.22. The van der Waals surface area contributed by atoms with E-state index in [1.165, 1.54) is 37.7 Å². The zero-order valence-corrected chi connectivity index (χ0v) is 11.1. The molecule has 0 spiro atoms. The van der Waals surface area contributed by atoms with Crippen molar-refractivity contribution in [2.75, 3.05) is 6.54 Å². The molecule has 2 N–H and O–H groups in total. The lowest BCUT2D eigenvalue weighted by Gasteiger charge is -2.23. The first-order valence-corrected chi connectivity index (χ1v) is 7.12. The van der Waals surface area contributed by atoms with Crippen LogP contribution in [0.25, 0.3) is 0 Å². The molecule has 0 saturated heterocycles. The summed E-state index contributed by atoms with van der Waals surface area (Å²) in [6.45, 7) is 0.839. The highest BCUT2D eigenvalue weighted by Gasteiger charge is 2.22. The van der Waals surface area contributed by atoms with Crippen LogP contribution in [0.1, 0.15) is 37.7 Å². The lowest BCUT2D eigenvalue weighted by molar-refractivity contribution is 0.318. The van der Waals surface area contributed by atoms with Crippen molar-refractivity contribution in [1.29, 1.82) is 0 Å². The van der Waals surface area contributed by atoms with Crippen molar-refractivity contribution in [3.63, 3.8) is 0 Å². The second-order valence-electron chi connectivity index (χ2n) is 5.23. The fourth-order valence-electron chi connectivity index (χ4n) is 3.01. The van der Waals surface area contributed by atoms with Gasteiger partial charge in [0, 0.05) is 5.02 Å². The van der Waals surface area contributed by atoms with Crippen LogP contribution >= 0.6 is 11.6 Å². The molecule has 0 heterocycles. The third-order valence-corrected chi connectivity index (χ3v) is 4.24. The molecule has 0 aromatic heterocycles. The second-order valence-corrected chi connectivity index (χ2v) is 5.66. The van der Waals surface area contributed by atoms with E-state index in [-0.39, 0.29) is 0 Å². The van der Waals surface area contributed by atoms with E-state index in [0.29, 0.717) is 5.92 Å². The Morgan fingerprint density at radius 2 is 1.88 bits per heavy atom. The van der Waals surface area contributed by atoms with Crippen LogP contribution in [-0.4, -0.2) is 6.54 Å². The minimum atomic E-state index is 0.705. The monoisotopic (exact) mass is 251 g/mol. The standard InChI is InChI=1S/C15H22ClN/c16-15-8-4-5-12(10-15)9-13-6-2-1-3-7-14(13)11-17/h4-5,8,10,13-14H,1-3,6-7,9,11,17H2. The van der Waals surface area contributed by atoms with Crippen molar-refractivity contribution in [3.8, 4) is 0 Å². The first kappa shape index (κ1) is 12.9. The molecule has 0 bridgehead atoms. The number of nitrogens with two attached hydrogens (primary N) is 1. The van der Waals surface area contributed by atoms with Gasteiger partial charge in [-0.05, 0) is 55.3 Å². The number of hydrogen-bond acceptors (Lipinski definition) is 1. The normalized spacial score (nSPS) is 25.5. The maximum atomic E-state index is 6.04. The molecule has 0 radical (unpaired) electrons. The topological polar surface area (TPSA) is 26.0 Å². The summed E-state index contributed by atoms with van der Waals surface area (Å²) in [6.07, 6.45) is 7.87. The van der Waals surface area contributed by atoms with E-state index in [0.717, 1.165) is 23.9 Å². The zero-order valence-electron chi connectivity index (χ0n) is 10.4. The van der Waals surface area contributed by atoms with Crippen LogP contribution in [0, 0.1) is 11.8 Å². The summed E-state index contributed by atoms with van der Waals surface area (Å²) in [7, 11) is 0. The van der Waals surface area contributed by atoms with Gasteiger partial charge in [-0.25, -0.2) is 0 Å². The number of hydrogen-bond donors (Lipinski definition) is 1. The molecule has 1 aliphatic rings. The van der Waals surface area contributed by atoms with Gasteiger partial charge in [0.05, 0.1) is 0 Å². The SMILES string of the molecule is NCC1CCCCCC1Cc1cccc(Cl)c1. The van der Waals surface area contributed by atoms with E-state index >= 15 is 0 Å². The van der Waals surface area contributed by atoms with Crippen molar-refractivity contribution in [2.45, 2.75) is 38.5 Å². The Balaban J connectivity index is 2.04. The van der Waals surface area contributed by atoms with Crippen LogP contribution in [0.15, 0.2) is 24.3 Å². The van der Waals surface area contributed by atoms with E-state index in [2.05, 4.69) is 12.1 Å². The summed E-state index contributed by atoms with van der Waals surface area (Å²) in [6, 6.07) is 8.27. The number of halogens is 1. The zero-order chi connectivity index (χ0) is 12.1. The average Bonchev–Trinajstić information content (AvgIpc) is 2.54. The maximum Gasteiger partial charge on any atom is 0.0408 e. The first-order valence-electron chi connectivity index (χ1n) is 6.74. The third-order valence-electron chi connectivity index (χ3n) is 4.01. The van der Waals surface area contributed by atoms with E-state index in [9.17, 15) is 0 Å². The number of rotatable bonds is 3. The Labute approximate surface area is 109 Å². The quantitative estimate of drug-likeness (QED) is 0.807. The minimum absolute atomic E-state index is 0.705. The van der Waals surface area contributed by atoms with Crippen LogP contribution in [0.4, 0.5) is 0 Å². The summed E-state index contributed by atoms with van der Waals surface area (Å²) < 4.78 is 0. The van der Waals surface area contributed by atoms with E-state index < -0.39 is 0 Å².